The third-order valence-corrected chi connectivity index (χ3v) is 4.02. The number of hydrogen-bond donors (Lipinski definition) is 0. The monoisotopic (exact) mass is 433 g/mol. The van der Waals surface area contributed by atoms with E-state index in [2.05, 4.69) is 22.6 Å². The predicted molar refractivity (Wildman–Crippen MR) is 98.8 cm³/mol. The van der Waals surface area contributed by atoms with Crippen LogP contribution in [0.5, 0.6) is 0 Å². The maximum absolute atomic E-state index is 12.3. The summed E-state index contributed by atoms with van der Waals surface area (Å²) < 4.78 is 11.4. The second-order valence-corrected chi connectivity index (χ2v) is 7.24. The first-order valence-corrected chi connectivity index (χ1v) is 8.63. The Hall–Kier alpha value is -1.31. The van der Waals surface area contributed by atoms with Gasteiger partial charge in [-0.1, -0.05) is 6.07 Å². The smallest absolute Gasteiger partial charge is 0.414 e. The fourth-order valence-electron chi connectivity index (χ4n) is 2.00. The molecule has 0 saturated heterocycles. The average molecular weight is 433 g/mol. The van der Waals surface area contributed by atoms with Crippen molar-refractivity contribution in [1.29, 1.82) is 0 Å². The normalized spacial score (nSPS) is 11.0. The number of amides is 1. The Morgan fingerprint density at radius 1 is 1.26 bits per heavy atom. The van der Waals surface area contributed by atoms with Gasteiger partial charge in [0.25, 0.3) is 0 Å². The summed E-state index contributed by atoms with van der Waals surface area (Å²) in [6, 6.07) is 5.69. The van der Waals surface area contributed by atoms with Gasteiger partial charge in [0, 0.05) is 17.0 Å². The van der Waals surface area contributed by atoms with Crippen LogP contribution in [-0.4, -0.2) is 31.3 Å². The summed E-state index contributed by atoms with van der Waals surface area (Å²) in [4.78, 5) is 25.4. The molecule has 0 saturated carbocycles. The van der Waals surface area contributed by atoms with Crippen molar-refractivity contribution in [2.45, 2.75) is 46.1 Å². The molecule has 0 heterocycles. The van der Waals surface area contributed by atoms with Gasteiger partial charge in [0.1, 0.15) is 5.60 Å². The Morgan fingerprint density at radius 3 is 2.48 bits per heavy atom. The van der Waals surface area contributed by atoms with Crippen LogP contribution >= 0.6 is 22.6 Å². The van der Waals surface area contributed by atoms with Crippen LogP contribution in [0.4, 0.5) is 10.5 Å². The van der Waals surface area contributed by atoms with Gasteiger partial charge in [0.2, 0.25) is 0 Å². The Kier molecular flexibility index (Phi) is 7.31. The Morgan fingerprint density at radius 2 is 1.91 bits per heavy atom. The molecular weight excluding hydrogens is 409 g/mol. The summed E-state index contributed by atoms with van der Waals surface area (Å²) in [5.74, 6) is -0.238. The van der Waals surface area contributed by atoms with Crippen molar-refractivity contribution in [3.05, 3.63) is 27.3 Å². The minimum absolute atomic E-state index is 0.238. The fraction of sp³-hybridized carbons (Fsp3) is 0.529. The van der Waals surface area contributed by atoms with E-state index >= 15 is 0 Å². The number of halogens is 1. The van der Waals surface area contributed by atoms with Crippen molar-refractivity contribution < 1.29 is 19.1 Å². The maximum Gasteiger partial charge on any atom is 0.414 e. The number of anilines is 1. The van der Waals surface area contributed by atoms with Gasteiger partial charge in [-0.15, -0.1) is 0 Å². The van der Waals surface area contributed by atoms with Gasteiger partial charge < -0.3 is 9.47 Å². The zero-order chi connectivity index (χ0) is 17.6. The Labute approximate surface area is 151 Å². The molecule has 0 spiro atoms. The lowest BCUT2D eigenvalue weighted by atomic mass is 10.1. The number of hydrogen-bond acceptors (Lipinski definition) is 4. The van der Waals surface area contributed by atoms with Gasteiger partial charge in [-0.2, -0.15) is 0 Å². The molecule has 0 aromatic heterocycles. The van der Waals surface area contributed by atoms with E-state index in [1.807, 2.05) is 39.0 Å². The van der Waals surface area contributed by atoms with E-state index in [0.717, 1.165) is 14.8 Å². The standard InChI is InChI=1S/C17H24INO4/c1-6-22-15(20)11-10-12-13(18)8-7-9-14(12)19(5)16(21)23-17(2,3)4/h7-9H,6,10-11H2,1-5H3. The van der Waals surface area contributed by atoms with Crippen molar-refractivity contribution in [2.24, 2.45) is 0 Å². The highest BCUT2D eigenvalue weighted by Gasteiger charge is 2.23. The van der Waals surface area contributed by atoms with Crippen LogP contribution < -0.4 is 4.90 Å². The fourth-order valence-corrected chi connectivity index (χ4v) is 2.75. The van der Waals surface area contributed by atoms with E-state index in [1.54, 1.807) is 14.0 Å². The lowest BCUT2D eigenvalue weighted by molar-refractivity contribution is -0.143. The van der Waals surface area contributed by atoms with Crippen molar-refractivity contribution in [3.8, 4) is 0 Å². The minimum Gasteiger partial charge on any atom is -0.466 e. The molecule has 0 aliphatic carbocycles. The van der Waals surface area contributed by atoms with Crippen LogP contribution in [0, 0.1) is 3.57 Å². The average Bonchev–Trinajstić information content (AvgIpc) is 2.43. The second-order valence-electron chi connectivity index (χ2n) is 6.08. The first-order chi connectivity index (χ1) is 10.7. The molecule has 0 unspecified atom stereocenters. The minimum atomic E-state index is -0.557. The van der Waals surface area contributed by atoms with E-state index < -0.39 is 11.7 Å². The molecule has 5 nitrogen and oxygen atoms in total. The third-order valence-electron chi connectivity index (χ3n) is 3.01. The summed E-state index contributed by atoms with van der Waals surface area (Å²) in [5.41, 5.74) is 1.13. The highest BCUT2D eigenvalue weighted by molar-refractivity contribution is 14.1. The van der Waals surface area contributed by atoms with Crippen molar-refractivity contribution in [3.63, 3.8) is 0 Å². The molecule has 0 fully saturated rings. The topological polar surface area (TPSA) is 55.8 Å². The summed E-state index contributed by atoms with van der Waals surface area (Å²) in [6.45, 7) is 7.64. The first-order valence-electron chi connectivity index (χ1n) is 7.55. The number of rotatable bonds is 5. The highest BCUT2D eigenvalue weighted by Crippen LogP contribution is 2.27. The molecule has 1 aromatic rings. The molecule has 1 amide bonds. The number of benzene rings is 1. The van der Waals surface area contributed by atoms with Crippen LogP contribution in [0.3, 0.4) is 0 Å². The molecule has 6 heteroatoms. The van der Waals surface area contributed by atoms with Gasteiger partial charge in [0.05, 0.1) is 12.3 Å². The lowest BCUT2D eigenvalue weighted by Crippen LogP contribution is -2.34. The molecule has 0 aliphatic heterocycles. The zero-order valence-corrected chi connectivity index (χ0v) is 16.5. The van der Waals surface area contributed by atoms with Gasteiger partial charge >= 0.3 is 12.1 Å². The highest BCUT2D eigenvalue weighted by atomic mass is 127. The van der Waals surface area contributed by atoms with Gasteiger partial charge in [-0.05, 0) is 74.4 Å². The number of carbonyl (C=O) groups excluding carboxylic acids is 2. The quantitative estimate of drug-likeness (QED) is 0.517. The summed E-state index contributed by atoms with van der Waals surface area (Å²) in [7, 11) is 1.67. The van der Waals surface area contributed by atoms with E-state index in [0.29, 0.717) is 13.0 Å². The number of ether oxygens (including phenoxy) is 2. The summed E-state index contributed by atoms with van der Waals surface area (Å²) >= 11 is 2.21. The van der Waals surface area contributed by atoms with Crippen molar-refractivity contribution in [1.82, 2.24) is 0 Å². The summed E-state index contributed by atoms with van der Waals surface area (Å²) in [5, 5.41) is 0. The van der Waals surface area contributed by atoms with Gasteiger partial charge in [0.15, 0.2) is 0 Å². The van der Waals surface area contributed by atoms with Crippen LogP contribution in [0.25, 0.3) is 0 Å². The maximum atomic E-state index is 12.3. The van der Waals surface area contributed by atoms with Crippen LogP contribution in [0.2, 0.25) is 0 Å². The Balaban J connectivity index is 2.96. The van der Waals surface area contributed by atoms with E-state index in [-0.39, 0.29) is 12.4 Å². The number of esters is 1. The van der Waals surface area contributed by atoms with Crippen molar-refractivity contribution in [2.75, 3.05) is 18.6 Å². The first kappa shape index (κ1) is 19.7. The van der Waals surface area contributed by atoms with Crippen LogP contribution in [-0.2, 0) is 20.7 Å². The molecule has 0 atom stereocenters. The molecule has 128 valence electrons. The molecule has 0 bridgehead atoms. The van der Waals surface area contributed by atoms with Gasteiger partial charge in [-0.3, -0.25) is 9.69 Å². The second kappa shape index (κ2) is 8.52. The Bertz CT molecular complexity index is 566. The van der Waals surface area contributed by atoms with Crippen LogP contribution in [0.1, 0.15) is 39.7 Å². The number of nitrogens with zero attached hydrogens (tertiary/aromatic N) is 1. The molecule has 0 N–H and O–H groups in total. The summed E-state index contributed by atoms with van der Waals surface area (Å²) in [6.07, 6.45) is 0.376. The van der Waals surface area contributed by atoms with E-state index in [1.165, 1.54) is 4.90 Å². The van der Waals surface area contributed by atoms with Crippen LogP contribution in [0.15, 0.2) is 18.2 Å². The van der Waals surface area contributed by atoms with Crippen molar-refractivity contribution >= 4 is 40.3 Å². The SMILES string of the molecule is CCOC(=O)CCc1c(I)cccc1N(C)C(=O)OC(C)(C)C. The van der Waals surface area contributed by atoms with E-state index in [9.17, 15) is 9.59 Å². The largest absolute Gasteiger partial charge is 0.466 e. The molecule has 1 aromatic carbocycles. The lowest BCUT2D eigenvalue weighted by Gasteiger charge is -2.26. The zero-order valence-electron chi connectivity index (χ0n) is 14.3. The molecular formula is C17H24INO4. The predicted octanol–water partition coefficient (Wildman–Crippen LogP) is 4.16. The molecule has 0 radical (unpaired) electrons. The number of carbonyl (C=O) groups is 2. The van der Waals surface area contributed by atoms with Gasteiger partial charge in [-0.25, -0.2) is 4.79 Å². The molecule has 1 rings (SSSR count). The third kappa shape index (κ3) is 6.37. The van der Waals surface area contributed by atoms with E-state index in [4.69, 9.17) is 9.47 Å². The molecule has 0 aliphatic rings. The molecule has 23 heavy (non-hydrogen) atoms.